The fourth-order valence-corrected chi connectivity index (χ4v) is 5.22. The van der Waals surface area contributed by atoms with Gasteiger partial charge in [-0.3, -0.25) is 9.78 Å². The molecule has 2 aliphatic heterocycles. The van der Waals surface area contributed by atoms with Gasteiger partial charge in [0.15, 0.2) is 17.3 Å². The molecule has 1 spiro atoms. The van der Waals surface area contributed by atoms with Gasteiger partial charge in [-0.15, -0.1) is 0 Å². The highest BCUT2D eigenvalue weighted by atomic mass is 19.1. The quantitative estimate of drug-likeness (QED) is 0.559. The molecule has 5 rings (SSSR count). The van der Waals surface area contributed by atoms with Crippen LogP contribution >= 0.6 is 0 Å². The lowest BCUT2D eigenvalue weighted by Crippen LogP contribution is -2.41. The molecule has 0 aliphatic carbocycles. The van der Waals surface area contributed by atoms with Gasteiger partial charge in [0, 0.05) is 53.9 Å². The Morgan fingerprint density at radius 2 is 2.15 bits per heavy atom. The summed E-state index contributed by atoms with van der Waals surface area (Å²) in [7, 11) is 1.45. The molecular formula is C26H30FN5O2. The SMILES string of the molecule is COc1cc2nc(-c3ccc(C(=O)C(C)N)nc3)cc(N3CCC4(CCCNC4)C3)c2cc1F. The fourth-order valence-electron chi connectivity index (χ4n) is 5.22. The zero-order valence-electron chi connectivity index (χ0n) is 19.6. The number of carbonyl (C=O) groups is 1. The monoisotopic (exact) mass is 463 g/mol. The molecule has 8 heteroatoms. The number of pyridine rings is 2. The van der Waals surface area contributed by atoms with Gasteiger partial charge in [0.05, 0.1) is 24.4 Å². The van der Waals surface area contributed by atoms with Gasteiger partial charge in [-0.05, 0) is 57.0 Å². The first-order valence-electron chi connectivity index (χ1n) is 11.8. The van der Waals surface area contributed by atoms with Crippen molar-refractivity contribution in [2.45, 2.75) is 32.2 Å². The number of nitrogens with one attached hydrogen (secondary N) is 1. The van der Waals surface area contributed by atoms with E-state index >= 15 is 0 Å². The number of nitrogens with zero attached hydrogens (tertiary/aromatic N) is 3. The molecular weight excluding hydrogens is 433 g/mol. The largest absolute Gasteiger partial charge is 0.494 e. The summed E-state index contributed by atoms with van der Waals surface area (Å²) < 4.78 is 19.9. The Kier molecular flexibility index (Phi) is 5.95. The molecule has 0 saturated carbocycles. The van der Waals surface area contributed by atoms with Crippen LogP contribution in [0, 0.1) is 11.2 Å². The molecule has 178 valence electrons. The van der Waals surface area contributed by atoms with Gasteiger partial charge < -0.3 is 20.7 Å². The van der Waals surface area contributed by atoms with E-state index in [0.717, 1.165) is 49.2 Å². The van der Waals surface area contributed by atoms with E-state index in [2.05, 4.69) is 15.2 Å². The molecule has 2 fully saturated rings. The third-order valence-corrected chi connectivity index (χ3v) is 7.13. The molecule has 2 aliphatic rings. The van der Waals surface area contributed by atoms with Crippen LogP contribution < -0.4 is 20.7 Å². The smallest absolute Gasteiger partial charge is 0.197 e. The Bertz CT molecular complexity index is 1220. The van der Waals surface area contributed by atoms with E-state index in [1.807, 2.05) is 12.1 Å². The number of ether oxygens (including phenoxy) is 1. The number of rotatable bonds is 5. The molecule has 2 saturated heterocycles. The van der Waals surface area contributed by atoms with Crippen molar-refractivity contribution in [1.82, 2.24) is 15.3 Å². The normalized spacial score (nSPS) is 21.2. The van der Waals surface area contributed by atoms with E-state index in [9.17, 15) is 9.18 Å². The summed E-state index contributed by atoms with van der Waals surface area (Å²) >= 11 is 0. The maximum Gasteiger partial charge on any atom is 0.197 e. The zero-order chi connectivity index (χ0) is 23.9. The molecule has 2 atom stereocenters. The van der Waals surface area contributed by atoms with Gasteiger partial charge in [0.1, 0.15) is 5.69 Å². The van der Waals surface area contributed by atoms with Crippen LogP contribution in [-0.2, 0) is 0 Å². The van der Waals surface area contributed by atoms with Crippen LogP contribution in [0.4, 0.5) is 10.1 Å². The van der Waals surface area contributed by atoms with Crippen LogP contribution in [0.2, 0.25) is 0 Å². The first-order valence-corrected chi connectivity index (χ1v) is 11.8. The van der Waals surface area contributed by atoms with E-state index in [0.29, 0.717) is 16.9 Å². The molecule has 3 aromatic rings. The summed E-state index contributed by atoms with van der Waals surface area (Å²) in [5.41, 5.74) is 9.40. The first kappa shape index (κ1) is 22.7. The molecule has 1 aromatic carbocycles. The van der Waals surface area contributed by atoms with Crippen molar-refractivity contribution < 1.29 is 13.9 Å². The lowest BCUT2D eigenvalue weighted by molar-refractivity contribution is 0.0963. The van der Waals surface area contributed by atoms with Crippen LogP contribution in [-0.4, -0.2) is 55.1 Å². The van der Waals surface area contributed by atoms with Crippen molar-refractivity contribution in [3.05, 3.63) is 48.0 Å². The number of fused-ring (bicyclic) bond motifs is 1. The van der Waals surface area contributed by atoms with Gasteiger partial charge in [0.2, 0.25) is 0 Å². The Morgan fingerprint density at radius 3 is 2.82 bits per heavy atom. The average molecular weight is 464 g/mol. The van der Waals surface area contributed by atoms with Crippen LogP contribution in [0.1, 0.15) is 36.7 Å². The van der Waals surface area contributed by atoms with E-state index < -0.39 is 11.9 Å². The van der Waals surface area contributed by atoms with E-state index in [1.165, 1.54) is 26.0 Å². The molecule has 3 N–H and O–H groups in total. The molecule has 0 amide bonds. The number of methoxy groups -OCH3 is 1. The molecule has 4 heterocycles. The molecule has 34 heavy (non-hydrogen) atoms. The van der Waals surface area contributed by atoms with Crippen molar-refractivity contribution in [3.63, 3.8) is 0 Å². The lowest BCUT2D eigenvalue weighted by Gasteiger charge is -2.34. The molecule has 7 nitrogen and oxygen atoms in total. The Morgan fingerprint density at radius 1 is 1.29 bits per heavy atom. The number of carbonyl (C=O) groups excluding carboxylic acids is 1. The molecule has 0 radical (unpaired) electrons. The number of Topliss-reactive ketones (excluding diaryl/α,β-unsaturated/α-hetero) is 1. The van der Waals surface area contributed by atoms with Crippen LogP contribution in [0.25, 0.3) is 22.2 Å². The van der Waals surface area contributed by atoms with Crippen LogP contribution in [0.15, 0.2) is 36.5 Å². The van der Waals surface area contributed by atoms with Crippen LogP contribution in [0.3, 0.4) is 0 Å². The standard InChI is InChI=1S/C26H30FN5O2/c1-16(28)25(33)20-5-4-17(13-30-20)21-11-23(18-10-19(27)24(34-2)12-22(18)31-21)32-9-7-26(15-32)6-3-8-29-14-26/h4-5,10-13,16,29H,3,6-9,14-15,28H2,1-2H3. The molecule has 2 unspecified atom stereocenters. The minimum absolute atomic E-state index is 0.161. The lowest BCUT2D eigenvalue weighted by atomic mass is 9.80. The second-order valence-electron chi connectivity index (χ2n) is 9.57. The zero-order valence-corrected chi connectivity index (χ0v) is 19.6. The average Bonchev–Trinajstić information content (AvgIpc) is 3.25. The summed E-state index contributed by atoms with van der Waals surface area (Å²) in [4.78, 5) is 23.7. The third kappa shape index (κ3) is 4.12. The highest BCUT2D eigenvalue weighted by Gasteiger charge is 2.39. The predicted molar refractivity (Wildman–Crippen MR) is 131 cm³/mol. The second kappa shape index (κ2) is 8.92. The molecule has 2 aromatic heterocycles. The molecule has 0 bridgehead atoms. The minimum atomic E-state index is -0.608. The summed E-state index contributed by atoms with van der Waals surface area (Å²) in [5, 5.41) is 4.31. The van der Waals surface area contributed by atoms with Gasteiger partial charge in [0.25, 0.3) is 0 Å². The number of nitrogens with two attached hydrogens (primary N) is 1. The summed E-state index contributed by atoms with van der Waals surface area (Å²) in [5.74, 6) is -0.449. The fraction of sp³-hybridized carbons (Fsp3) is 0.423. The van der Waals surface area contributed by atoms with Crippen molar-refractivity contribution in [1.29, 1.82) is 0 Å². The number of hydrogen-bond acceptors (Lipinski definition) is 7. The maximum atomic E-state index is 14.7. The number of hydrogen-bond donors (Lipinski definition) is 2. The number of aromatic nitrogens is 2. The Balaban J connectivity index is 1.58. The number of benzene rings is 1. The van der Waals surface area contributed by atoms with Crippen molar-refractivity contribution in [2.24, 2.45) is 11.1 Å². The summed E-state index contributed by atoms with van der Waals surface area (Å²) in [6, 6.07) is 8.07. The summed E-state index contributed by atoms with van der Waals surface area (Å²) in [6.07, 6.45) is 5.13. The third-order valence-electron chi connectivity index (χ3n) is 7.13. The van der Waals surface area contributed by atoms with E-state index in [4.69, 9.17) is 15.5 Å². The first-order chi connectivity index (χ1) is 16.4. The topological polar surface area (TPSA) is 93.4 Å². The highest BCUT2D eigenvalue weighted by Crippen LogP contribution is 2.42. The van der Waals surface area contributed by atoms with E-state index in [1.54, 1.807) is 25.3 Å². The van der Waals surface area contributed by atoms with Gasteiger partial charge in [-0.2, -0.15) is 0 Å². The second-order valence-corrected chi connectivity index (χ2v) is 9.57. The number of halogens is 1. The number of ketones is 1. The van der Waals surface area contributed by atoms with Crippen LogP contribution in [0.5, 0.6) is 5.75 Å². The van der Waals surface area contributed by atoms with Gasteiger partial charge in [-0.1, -0.05) is 0 Å². The maximum absolute atomic E-state index is 14.7. The van der Waals surface area contributed by atoms with Crippen molar-refractivity contribution in [3.8, 4) is 17.0 Å². The van der Waals surface area contributed by atoms with Gasteiger partial charge >= 0.3 is 0 Å². The Hall–Kier alpha value is -3.10. The minimum Gasteiger partial charge on any atom is -0.494 e. The predicted octanol–water partition coefficient (Wildman–Crippen LogP) is 3.55. The number of anilines is 1. The van der Waals surface area contributed by atoms with E-state index in [-0.39, 0.29) is 16.9 Å². The summed E-state index contributed by atoms with van der Waals surface area (Å²) in [6.45, 7) is 5.57. The van der Waals surface area contributed by atoms with Gasteiger partial charge in [-0.25, -0.2) is 9.37 Å². The van der Waals surface area contributed by atoms with Crippen molar-refractivity contribution >= 4 is 22.4 Å². The highest BCUT2D eigenvalue weighted by molar-refractivity contribution is 5.98. The Labute approximate surface area is 198 Å². The number of piperidine rings is 1. The van der Waals surface area contributed by atoms with Crippen molar-refractivity contribution in [2.75, 3.05) is 38.2 Å².